The molecule has 0 aromatic heterocycles. The molecule has 3 heterocycles. The first-order valence-electron chi connectivity index (χ1n) is 8.79. The van der Waals surface area contributed by atoms with E-state index in [0.717, 1.165) is 30.2 Å². The average Bonchev–Trinajstić information content (AvgIpc) is 2.62. The van der Waals surface area contributed by atoms with Crippen molar-refractivity contribution in [3.05, 3.63) is 24.3 Å². The number of nitrogens with one attached hydrogen (secondary N) is 1. The first-order valence-corrected chi connectivity index (χ1v) is 9.67. The number of rotatable bonds is 2. The van der Waals surface area contributed by atoms with Gasteiger partial charge in [-0.25, -0.2) is 0 Å². The molecule has 1 N–H and O–H groups in total. The third-order valence-corrected chi connectivity index (χ3v) is 6.53. The fourth-order valence-electron chi connectivity index (χ4n) is 3.90. The molecule has 1 aromatic rings. The third-order valence-electron chi connectivity index (χ3n) is 5.26. The highest BCUT2D eigenvalue weighted by Crippen LogP contribution is 2.37. The number of hydrogen-bond acceptors (Lipinski definition) is 4. The Hall–Kier alpha value is -1.53. The second kappa shape index (κ2) is 6.76. The molecule has 24 heavy (non-hydrogen) atoms. The van der Waals surface area contributed by atoms with Crippen molar-refractivity contribution >= 4 is 29.3 Å². The number of carbonyl (C=O) groups excluding carboxylic acids is 2. The number of anilines is 1. The smallest absolute Gasteiger partial charge is 0.238 e. The number of thioether (sulfide) groups is 1. The summed E-state index contributed by atoms with van der Waals surface area (Å²) in [5, 5.41) is 2.60. The van der Waals surface area contributed by atoms with Crippen LogP contribution in [-0.4, -0.2) is 59.1 Å². The van der Waals surface area contributed by atoms with Crippen molar-refractivity contribution in [3.63, 3.8) is 0 Å². The van der Waals surface area contributed by atoms with Crippen LogP contribution < -0.4 is 5.32 Å². The molecule has 0 saturated carbocycles. The number of para-hydroxylation sites is 1. The maximum absolute atomic E-state index is 12.7. The van der Waals surface area contributed by atoms with E-state index in [2.05, 4.69) is 10.2 Å². The average molecular weight is 345 g/mol. The number of carbonyl (C=O) groups is 2. The zero-order valence-corrected chi connectivity index (χ0v) is 14.6. The minimum atomic E-state index is -0.322. The van der Waals surface area contributed by atoms with Gasteiger partial charge in [-0.2, -0.15) is 0 Å². The molecule has 0 unspecified atom stereocenters. The predicted octanol–water partition coefficient (Wildman–Crippen LogP) is 2.19. The summed E-state index contributed by atoms with van der Waals surface area (Å²) in [5.74, 6) is 0.0654. The number of piperidine rings is 1. The fourth-order valence-corrected chi connectivity index (χ4v) is 5.00. The van der Waals surface area contributed by atoms with E-state index in [1.165, 1.54) is 37.6 Å². The molecular formula is C18H23N3O2S. The molecule has 128 valence electrons. The van der Waals surface area contributed by atoms with E-state index in [-0.39, 0.29) is 23.5 Å². The molecule has 4 rings (SSSR count). The lowest BCUT2D eigenvalue weighted by atomic mass is 9.99. The fraction of sp³-hybridized carbons (Fsp3) is 0.556. The molecule has 2 saturated heterocycles. The van der Waals surface area contributed by atoms with E-state index in [1.54, 1.807) is 0 Å². The van der Waals surface area contributed by atoms with E-state index in [0.29, 0.717) is 6.04 Å². The summed E-state index contributed by atoms with van der Waals surface area (Å²) in [5.41, 5.74) is 0.854. The van der Waals surface area contributed by atoms with Crippen molar-refractivity contribution in [3.8, 4) is 0 Å². The Bertz CT molecular complexity index is 651. The highest BCUT2D eigenvalue weighted by molar-refractivity contribution is 8.01. The van der Waals surface area contributed by atoms with E-state index in [9.17, 15) is 9.59 Å². The van der Waals surface area contributed by atoms with Crippen LogP contribution in [0.4, 0.5) is 5.69 Å². The molecule has 3 aliphatic rings. The molecule has 1 aromatic carbocycles. The third kappa shape index (κ3) is 3.17. The first kappa shape index (κ1) is 16.0. The van der Waals surface area contributed by atoms with Gasteiger partial charge in [0.05, 0.1) is 10.9 Å². The summed E-state index contributed by atoms with van der Waals surface area (Å²) in [6.45, 7) is 3.77. The second-order valence-electron chi connectivity index (χ2n) is 6.82. The van der Waals surface area contributed by atoms with Gasteiger partial charge in [-0.3, -0.25) is 14.5 Å². The van der Waals surface area contributed by atoms with Gasteiger partial charge in [0.25, 0.3) is 0 Å². The topological polar surface area (TPSA) is 52.7 Å². The second-order valence-corrected chi connectivity index (χ2v) is 8.07. The van der Waals surface area contributed by atoms with Crippen LogP contribution in [0.3, 0.4) is 0 Å². The summed E-state index contributed by atoms with van der Waals surface area (Å²) < 4.78 is 0. The Morgan fingerprint density at radius 3 is 3.00 bits per heavy atom. The monoisotopic (exact) mass is 345 g/mol. The Kier molecular flexibility index (Phi) is 4.50. The van der Waals surface area contributed by atoms with Gasteiger partial charge in [0.1, 0.15) is 0 Å². The molecule has 6 heteroatoms. The zero-order valence-electron chi connectivity index (χ0n) is 13.7. The lowest BCUT2D eigenvalue weighted by Crippen LogP contribution is -2.56. The molecule has 3 aliphatic heterocycles. The minimum Gasteiger partial charge on any atom is -0.340 e. The van der Waals surface area contributed by atoms with Gasteiger partial charge >= 0.3 is 0 Å². The number of benzene rings is 1. The molecule has 5 nitrogen and oxygen atoms in total. The van der Waals surface area contributed by atoms with Crippen molar-refractivity contribution in [1.82, 2.24) is 9.80 Å². The SMILES string of the molecule is O=C1Nc2ccccc2S[C@H]1CC(=O)N1CCN2CCCC[C@H]2C1. The van der Waals surface area contributed by atoms with Crippen LogP contribution in [-0.2, 0) is 9.59 Å². The molecule has 0 spiro atoms. The number of nitrogens with zero attached hydrogens (tertiary/aromatic N) is 2. The Morgan fingerprint density at radius 1 is 1.21 bits per heavy atom. The standard InChI is InChI=1S/C18H23N3O2S/c22-17(21-10-9-20-8-4-3-5-13(20)12-21)11-16-18(23)19-14-6-1-2-7-15(14)24-16/h1-2,6-7,13,16H,3-5,8-12H2,(H,19,23)/t13-,16-/m0/s1. The number of amides is 2. The van der Waals surface area contributed by atoms with Gasteiger partial charge in [0, 0.05) is 37.0 Å². The normalized spacial score (nSPS) is 27.2. The summed E-state index contributed by atoms with van der Waals surface area (Å²) in [6.07, 6.45) is 4.02. The highest BCUT2D eigenvalue weighted by Gasteiger charge is 2.34. The molecular weight excluding hydrogens is 322 g/mol. The Balaban J connectivity index is 1.38. The van der Waals surface area contributed by atoms with E-state index < -0.39 is 0 Å². The van der Waals surface area contributed by atoms with Crippen LogP contribution in [0.5, 0.6) is 0 Å². The first-order chi connectivity index (χ1) is 11.7. The van der Waals surface area contributed by atoms with E-state index >= 15 is 0 Å². The lowest BCUT2D eigenvalue weighted by Gasteiger charge is -2.44. The molecule has 2 fully saturated rings. The van der Waals surface area contributed by atoms with Gasteiger partial charge in [0.2, 0.25) is 11.8 Å². The zero-order chi connectivity index (χ0) is 16.5. The van der Waals surface area contributed by atoms with Gasteiger partial charge in [-0.1, -0.05) is 18.6 Å². The quantitative estimate of drug-likeness (QED) is 0.893. The lowest BCUT2D eigenvalue weighted by molar-refractivity contribution is -0.135. The van der Waals surface area contributed by atoms with E-state index in [4.69, 9.17) is 0 Å². The molecule has 0 radical (unpaired) electrons. The van der Waals surface area contributed by atoms with Crippen molar-refractivity contribution in [1.29, 1.82) is 0 Å². The maximum Gasteiger partial charge on any atom is 0.238 e. The number of fused-ring (bicyclic) bond motifs is 2. The molecule has 0 bridgehead atoms. The Labute approximate surface area is 146 Å². The van der Waals surface area contributed by atoms with Crippen LogP contribution in [0.1, 0.15) is 25.7 Å². The van der Waals surface area contributed by atoms with Crippen LogP contribution in [0, 0.1) is 0 Å². The number of piperazine rings is 1. The van der Waals surface area contributed by atoms with Crippen LogP contribution >= 0.6 is 11.8 Å². The number of hydrogen-bond donors (Lipinski definition) is 1. The van der Waals surface area contributed by atoms with Crippen molar-refractivity contribution in [2.45, 2.75) is 41.9 Å². The summed E-state index contributed by atoms with van der Waals surface area (Å²) in [6, 6.07) is 8.29. The van der Waals surface area contributed by atoms with Crippen molar-refractivity contribution < 1.29 is 9.59 Å². The van der Waals surface area contributed by atoms with Crippen LogP contribution in [0.25, 0.3) is 0 Å². The predicted molar refractivity (Wildman–Crippen MR) is 95.1 cm³/mol. The Morgan fingerprint density at radius 2 is 2.08 bits per heavy atom. The highest BCUT2D eigenvalue weighted by atomic mass is 32.2. The maximum atomic E-state index is 12.7. The van der Waals surface area contributed by atoms with Gasteiger partial charge in [-0.05, 0) is 31.5 Å². The molecule has 2 amide bonds. The molecule has 2 atom stereocenters. The summed E-state index contributed by atoms with van der Waals surface area (Å²) in [4.78, 5) is 30.5. The summed E-state index contributed by atoms with van der Waals surface area (Å²) in [7, 11) is 0. The van der Waals surface area contributed by atoms with Crippen LogP contribution in [0.2, 0.25) is 0 Å². The van der Waals surface area contributed by atoms with E-state index in [1.807, 2.05) is 29.2 Å². The van der Waals surface area contributed by atoms with Crippen LogP contribution in [0.15, 0.2) is 29.2 Å². The van der Waals surface area contributed by atoms with Gasteiger partial charge in [-0.15, -0.1) is 11.8 Å². The van der Waals surface area contributed by atoms with Crippen molar-refractivity contribution in [2.24, 2.45) is 0 Å². The minimum absolute atomic E-state index is 0.0525. The largest absolute Gasteiger partial charge is 0.340 e. The van der Waals surface area contributed by atoms with Gasteiger partial charge in [0.15, 0.2) is 0 Å². The van der Waals surface area contributed by atoms with Crippen molar-refractivity contribution in [2.75, 3.05) is 31.5 Å². The summed E-state index contributed by atoms with van der Waals surface area (Å²) >= 11 is 1.51. The van der Waals surface area contributed by atoms with Gasteiger partial charge < -0.3 is 10.2 Å². The molecule has 0 aliphatic carbocycles.